The van der Waals surface area contributed by atoms with Crippen molar-refractivity contribution in [2.24, 2.45) is 0 Å². The fourth-order valence-electron chi connectivity index (χ4n) is 2.10. The number of phenols is 1. The van der Waals surface area contributed by atoms with Crippen molar-refractivity contribution in [3.05, 3.63) is 52.9 Å². The van der Waals surface area contributed by atoms with Gasteiger partial charge in [-0.25, -0.2) is 0 Å². The van der Waals surface area contributed by atoms with Crippen LogP contribution in [0.3, 0.4) is 0 Å². The van der Waals surface area contributed by atoms with E-state index in [4.69, 9.17) is 0 Å². The predicted molar refractivity (Wildman–Crippen MR) is 83.6 cm³/mol. The lowest BCUT2D eigenvalue weighted by Crippen LogP contribution is -2.00. The molecule has 0 aliphatic heterocycles. The molecule has 0 spiro atoms. The van der Waals surface area contributed by atoms with Gasteiger partial charge in [-0.3, -0.25) is 9.48 Å². The Labute approximate surface area is 124 Å². The molecule has 0 unspecified atom stereocenters. The van der Waals surface area contributed by atoms with Gasteiger partial charge in [-0.05, 0) is 62.6 Å². The number of carbonyl (C=O) groups is 1. The second-order valence-corrected chi connectivity index (χ2v) is 5.50. The maximum Gasteiger partial charge on any atom is 0.189 e. The fraction of sp³-hybridized carbons (Fsp3) is 0.294. The first-order valence-electron chi connectivity index (χ1n) is 6.95. The quantitative estimate of drug-likeness (QED) is 0.688. The summed E-state index contributed by atoms with van der Waals surface area (Å²) < 4.78 is 1.76. The molecule has 4 nitrogen and oxygen atoms in total. The highest BCUT2D eigenvalue weighted by molar-refractivity contribution is 6.06. The van der Waals surface area contributed by atoms with E-state index in [9.17, 15) is 9.90 Å². The molecule has 2 aromatic rings. The van der Waals surface area contributed by atoms with Gasteiger partial charge < -0.3 is 5.11 Å². The molecule has 1 aromatic heterocycles. The first-order chi connectivity index (χ1) is 9.88. The van der Waals surface area contributed by atoms with Crippen LogP contribution in [0.25, 0.3) is 6.08 Å². The van der Waals surface area contributed by atoms with Crippen molar-refractivity contribution in [3.8, 4) is 5.75 Å². The van der Waals surface area contributed by atoms with Crippen LogP contribution in [0.4, 0.5) is 0 Å². The summed E-state index contributed by atoms with van der Waals surface area (Å²) in [6, 6.07) is 3.94. The van der Waals surface area contributed by atoms with E-state index in [1.165, 1.54) is 6.08 Å². The highest BCUT2D eigenvalue weighted by atomic mass is 16.3. The first kappa shape index (κ1) is 15.0. The van der Waals surface area contributed by atoms with Crippen molar-refractivity contribution in [1.29, 1.82) is 0 Å². The lowest BCUT2D eigenvalue weighted by atomic mass is 10.0. The SMILES string of the molecule is Cc1cc(/C=C/C(=O)c2cnn(C(C)C)c2)cc(C)c1O. The zero-order chi connectivity index (χ0) is 15.6. The van der Waals surface area contributed by atoms with Crippen molar-refractivity contribution in [3.63, 3.8) is 0 Å². The molecular formula is C17H20N2O2. The molecule has 1 aromatic carbocycles. The normalized spacial score (nSPS) is 11.5. The van der Waals surface area contributed by atoms with Crippen LogP contribution in [0.15, 0.2) is 30.6 Å². The summed E-state index contributed by atoms with van der Waals surface area (Å²) in [6.07, 6.45) is 6.63. The van der Waals surface area contributed by atoms with E-state index in [1.807, 2.05) is 39.8 Å². The van der Waals surface area contributed by atoms with E-state index >= 15 is 0 Å². The summed E-state index contributed by atoms with van der Waals surface area (Å²) >= 11 is 0. The van der Waals surface area contributed by atoms with E-state index in [-0.39, 0.29) is 11.8 Å². The van der Waals surface area contributed by atoms with Crippen molar-refractivity contribution in [1.82, 2.24) is 9.78 Å². The van der Waals surface area contributed by atoms with Gasteiger partial charge in [-0.1, -0.05) is 6.08 Å². The second-order valence-electron chi connectivity index (χ2n) is 5.50. The van der Waals surface area contributed by atoms with Crippen LogP contribution in [0.1, 0.15) is 46.9 Å². The second kappa shape index (κ2) is 5.95. The van der Waals surface area contributed by atoms with Crippen molar-refractivity contribution in [2.45, 2.75) is 33.7 Å². The molecule has 0 amide bonds. The molecule has 4 heteroatoms. The van der Waals surface area contributed by atoms with Gasteiger partial charge in [0.05, 0.1) is 11.8 Å². The summed E-state index contributed by atoms with van der Waals surface area (Å²) in [5.74, 6) is 0.224. The summed E-state index contributed by atoms with van der Waals surface area (Å²) in [7, 11) is 0. The highest BCUT2D eigenvalue weighted by Crippen LogP contribution is 2.23. The van der Waals surface area contributed by atoms with Gasteiger partial charge >= 0.3 is 0 Å². The molecule has 0 saturated heterocycles. The Kier molecular flexibility index (Phi) is 4.26. The number of phenolic OH excluding ortho intramolecular Hbond substituents is 1. The number of benzene rings is 1. The van der Waals surface area contributed by atoms with Crippen LogP contribution >= 0.6 is 0 Å². The molecule has 0 atom stereocenters. The minimum absolute atomic E-state index is 0.0784. The Balaban J connectivity index is 2.18. The third kappa shape index (κ3) is 3.40. The van der Waals surface area contributed by atoms with E-state index in [2.05, 4.69) is 5.10 Å². The van der Waals surface area contributed by atoms with E-state index in [1.54, 1.807) is 23.2 Å². The maximum absolute atomic E-state index is 12.1. The Morgan fingerprint density at radius 3 is 2.43 bits per heavy atom. The number of allylic oxidation sites excluding steroid dienone is 1. The lowest BCUT2D eigenvalue weighted by molar-refractivity contribution is 0.104. The average Bonchev–Trinajstić information content (AvgIpc) is 2.92. The van der Waals surface area contributed by atoms with Gasteiger partial charge in [-0.15, -0.1) is 0 Å². The average molecular weight is 284 g/mol. The van der Waals surface area contributed by atoms with E-state index in [0.29, 0.717) is 11.3 Å². The number of hydrogen-bond acceptors (Lipinski definition) is 3. The van der Waals surface area contributed by atoms with Gasteiger partial charge in [0.2, 0.25) is 0 Å². The molecule has 0 fully saturated rings. The van der Waals surface area contributed by atoms with Crippen LogP contribution < -0.4 is 0 Å². The first-order valence-corrected chi connectivity index (χ1v) is 6.95. The standard InChI is InChI=1S/C17H20N2O2/c1-11(2)19-10-15(9-18-19)16(20)6-5-14-7-12(3)17(21)13(4)8-14/h5-11,21H,1-4H3/b6-5+. The molecule has 110 valence electrons. The molecule has 21 heavy (non-hydrogen) atoms. The topological polar surface area (TPSA) is 55.1 Å². The molecule has 0 saturated carbocycles. The van der Waals surface area contributed by atoms with E-state index < -0.39 is 0 Å². The largest absolute Gasteiger partial charge is 0.507 e. The minimum atomic E-state index is -0.0784. The third-order valence-corrected chi connectivity index (χ3v) is 3.36. The molecular weight excluding hydrogens is 264 g/mol. The Hall–Kier alpha value is -2.36. The van der Waals surface area contributed by atoms with Crippen LogP contribution in [-0.4, -0.2) is 20.7 Å². The number of nitrogens with zero attached hydrogens (tertiary/aromatic N) is 2. The van der Waals surface area contributed by atoms with Gasteiger partial charge in [0.25, 0.3) is 0 Å². The number of carbonyl (C=O) groups excluding carboxylic acids is 1. The van der Waals surface area contributed by atoms with Gasteiger partial charge in [0.1, 0.15) is 5.75 Å². The Bertz CT molecular complexity index is 674. The van der Waals surface area contributed by atoms with Crippen LogP contribution in [-0.2, 0) is 0 Å². The summed E-state index contributed by atoms with van der Waals surface area (Å²) in [5, 5.41) is 13.9. The van der Waals surface area contributed by atoms with Crippen LogP contribution in [0.5, 0.6) is 5.75 Å². The molecule has 1 heterocycles. The lowest BCUT2D eigenvalue weighted by Gasteiger charge is -2.04. The van der Waals surface area contributed by atoms with Gasteiger partial charge in [0.15, 0.2) is 5.78 Å². The summed E-state index contributed by atoms with van der Waals surface area (Å²) in [6.45, 7) is 7.71. The minimum Gasteiger partial charge on any atom is -0.507 e. The van der Waals surface area contributed by atoms with Crippen LogP contribution in [0, 0.1) is 13.8 Å². The fourth-order valence-corrected chi connectivity index (χ4v) is 2.10. The van der Waals surface area contributed by atoms with Gasteiger partial charge in [0, 0.05) is 12.2 Å². The predicted octanol–water partition coefficient (Wildman–Crippen LogP) is 3.68. The monoisotopic (exact) mass is 284 g/mol. The number of hydrogen-bond donors (Lipinski definition) is 1. The molecule has 0 aliphatic rings. The Morgan fingerprint density at radius 1 is 1.29 bits per heavy atom. The highest BCUT2D eigenvalue weighted by Gasteiger charge is 2.07. The Morgan fingerprint density at radius 2 is 1.90 bits per heavy atom. The van der Waals surface area contributed by atoms with Gasteiger partial charge in [-0.2, -0.15) is 5.10 Å². The van der Waals surface area contributed by atoms with E-state index in [0.717, 1.165) is 16.7 Å². The maximum atomic E-state index is 12.1. The number of aromatic nitrogens is 2. The molecule has 0 bridgehead atoms. The molecule has 0 radical (unpaired) electrons. The molecule has 0 aliphatic carbocycles. The number of aromatic hydroxyl groups is 1. The third-order valence-electron chi connectivity index (χ3n) is 3.36. The summed E-state index contributed by atoms with van der Waals surface area (Å²) in [5.41, 5.74) is 3.07. The zero-order valence-electron chi connectivity index (χ0n) is 12.8. The van der Waals surface area contributed by atoms with Crippen LogP contribution in [0.2, 0.25) is 0 Å². The van der Waals surface area contributed by atoms with Crippen molar-refractivity contribution >= 4 is 11.9 Å². The zero-order valence-corrected chi connectivity index (χ0v) is 12.8. The van der Waals surface area contributed by atoms with Crippen molar-refractivity contribution in [2.75, 3.05) is 0 Å². The summed E-state index contributed by atoms with van der Waals surface area (Å²) in [4.78, 5) is 12.1. The number of ketones is 1. The number of aryl methyl sites for hydroxylation is 2. The van der Waals surface area contributed by atoms with Crippen molar-refractivity contribution < 1.29 is 9.90 Å². The molecule has 2 rings (SSSR count). The smallest absolute Gasteiger partial charge is 0.189 e. The molecule has 1 N–H and O–H groups in total. The number of rotatable bonds is 4.